The van der Waals surface area contributed by atoms with Gasteiger partial charge in [-0.15, -0.1) is 0 Å². The van der Waals surface area contributed by atoms with Crippen LogP contribution in [0.2, 0.25) is 0 Å². The molecular weight excluding hydrogens is 230 g/mol. The summed E-state index contributed by atoms with van der Waals surface area (Å²) in [6.07, 6.45) is 6.74. The molecule has 0 aliphatic heterocycles. The largest absolute Gasteiger partial charge is 0.347 e. The minimum absolute atomic E-state index is 0.176. The summed E-state index contributed by atoms with van der Waals surface area (Å²) in [5.74, 6) is 0.544. The van der Waals surface area contributed by atoms with Gasteiger partial charge in [-0.25, -0.2) is 9.97 Å². The van der Waals surface area contributed by atoms with Gasteiger partial charge in [-0.3, -0.25) is 9.20 Å². The van der Waals surface area contributed by atoms with E-state index >= 15 is 0 Å². The van der Waals surface area contributed by atoms with Gasteiger partial charge >= 0.3 is 0 Å². The number of nitrogens with zero attached hydrogens (tertiary/aromatic N) is 3. The lowest BCUT2D eigenvalue weighted by atomic mass is 10.4. The first kappa shape index (κ1) is 10.5. The Hall–Kier alpha value is -2.63. The van der Waals surface area contributed by atoms with E-state index in [1.54, 1.807) is 23.0 Å². The zero-order valence-electron chi connectivity index (χ0n) is 9.50. The standard InChI is InChI=1S/C12H11N5O/c18-12(16-8-10-13-4-5-14-10)9-7-15-11-3-1-2-6-17(9)11/h1-7H,8H2,(H,13,14)(H,16,18). The van der Waals surface area contributed by atoms with Crippen LogP contribution in [0.1, 0.15) is 16.3 Å². The van der Waals surface area contributed by atoms with Gasteiger partial charge < -0.3 is 10.3 Å². The molecular formula is C12H11N5O. The normalized spacial score (nSPS) is 10.7. The van der Waals surface area contributed by atoms with Crippen molar-refractivity contribution in [2.45, 2.75) is 6.54 Å². The van der Waals surface area contributed by atoms with Crippen molar-refractivity contribution in [3.63, 3.8) is 0 Å². The Morgan fingerprint density at radius 3 is 3.17 bits per heavy atom. The van der Waals surface area contributed by atoms with Crippen molar-refractivity contribution in [3.8, 4) is 0 Å². The van der Waals surface area contributed by atoms with Crippen LogP contribution in [0.4, 0.5) is 0 Å². The zero-order chi connectivity index (χ0) is 12.4. The van der Waals surface area contributed by atoms with Crippen molar-refractivity contribution in [1.82, 2.24) is 24.7 Å². The fraction of sp³-hybridized carbons (Fsp3) is 0.0833. The third-order valence-electron chi connectivity index (χ3n) is 2.62. The first-order valence-corrected chi connectivity index (χ1v) is 5.53. The Labute approximate surface area is 103 Å². The van der Waals surface area contributed by atoms with Crippen molar-refractivity contribution < 1.29 is 4.79 Å². The molecule has 0 saturated carbocycles. The van der Waals surface area contributed by atoms with Gasteiger partial charge in [0.15, 0.2) is 0 Å². The van der Waals surface area contributed by atoms with Crippen LogP contribution < -0.4 is 5.32 Å². The number of aromatic amines is 1. The number of hydrogen-bond donors (Lipinski definition) is 2. The Morgan fingerprint density at radius 2 is 2.33 bits per heavy atom. The summed E-state index contributed by atoms with van der Waals surface area (Å²) in [4.78, 5) is 23.1. The van der Waals surface area contributed by atoms with Crippen LogP contribution in [0.15, 0.2) is 43.0 Å². The van der Waals surface area contributed by atoms with Crippen molar-refractivity contribution in [1.29, 1.82) is 0 Å². The van der Waals surface area contributed by atoms with Crippen molar-refractivity contribution >= 4 is 11.6 Å². The van der Waals surface area contributed by atoms with Crippen molar-refractivity contribution in [2.24, 2.45) is 0 Å². The Balaban J connectivity index is 1.80. The molecule has 3 rings (SSSR count). The average Bonchev–Trinajstić information content (AvgIpc) is 3.05. The Kier molecular flexibility index (Phi) is 2.53. The average molecular weight is 241 g/mol. The monoisotopic (exact) mass is 241 g/mol. The lowest BCUT2D eigenvalue weighted by molar-refractivity contribution is 0.0944. The number of imidazole rings is 2. The highest BCUT2D eigenvalue weighted by atomic mass is 16.1. The molecule has 3 aromatic rings. The number of H-pyrrole nitrogens is 1. The highest BCUT2D eigenvalue weighted by Crippen LogP contribution is 2.05. The maximum atomic E-state index is 12.0. The molecule has 0 unspecified atom stereocenters. The van der Waals surface area contributed by atoms with E-state index < -0.39 is 0 Å². The fourth-order valence-corrected chi connectivity index (χ4v) is 1.75. The van der Waals surface area contributed by atoms with E-state index in [4.69, 9.17) is 0 Å². The van der Waals surface area contributed by atoms with E-state index in [-0.39, 0.29) is 5.91 Å². The summed E-state index contributed by atoms with van der Waals surface area (Å²) in [5, 5.41) is 2.79. The number of fused-ring (bicyclic) bond motifs is 1. The molecule has 0 fully saturated rings. The highest BCUT2D eigenvalue weighted by molar-refractivity contribution is 5.93. The second kappa shape index (κ2) is 4.33. The van der Waals surface area contributed by atoms with E-state index in [1.807, 2.05) is 24.4 Å². The van der Waals surface area contributed by atoms with Gasteiger partial charge in [0.1, 0.15) is 17.2 Å². The van der Waals surface area contributed by atoms with Gasteiger partial charge in [0, 0.05) is 18.6 Å². The fourth-order valence-electron chi connectivity index (χ4n) is 1.75. The topological polar surface area (TPSA) is 75.1 Å². The summed E-state index contributed by atoms with van der Waals surface area (Å²) < 4.78 is 1.75. The van der Waals surface area contributed by atoms with Crippen LogP contribution in [0.5, 0.6) is 0 Å². The minimum Gasteiger partial charge on any atom is -0.347 e. The third-order valence-corrected chi connectivity index (χ3v) is 2.62. The number of pyridine rings is 1. The number of nitrogens with one attached hydrogen (secondary N) is 2. The summed E-state index contributed by atoms with van der Waals surface area (Å²) in [5.41, 5.74) is 1.26. The zero-order valence-corrected chi connectivity index (χ0v) is 9.50. The second-order valence-electron chi connectivity index (χ2n) is 3.79. The summed E-state index contributed by atoms with van der Waals surface area (Å²) in [7, 11) is 0. The van der Waals surface area contributed by atoms with Crippen LogP contribution in [-0.4, -0.2) is 25.3 Å². The van der Waals surface area contributed by atoms with E-state index in [0.29, 0.717) is 12.2 Å². The Morgan fingerprint density at radius 1 is 1.39 bits per heavy atom. The minimum atomic E-state index is -0.176. The number of amides is 1. The summed E-state index contributed by atoms with van der Waals surface area (Å²) in [6.45, 7) is 0.367. The van der Waals surface area contributed by atoms with Gasteiger partial charge in [0.05, 0.1) is 12.7 Å². The maximum absolute atomic E-state index is 12.0. The van der Waals surface area contributed by atoms with Crippen LogP contribution in [0.3, 0.4) is 0 Å². The molecule has 0 spiro atoms. The molecule has 3 heterocycles. The number of carbonyl (C=O) groups is 1. The predicted molar refractivity (Wildman–Crippen MR) is 64.9 cm³/mol. The second-order valence-corrected chi connectivity index (χ2v) is 3.79. The van der Waals surface area contributed by atoms with Crippen LogP contribution in [0.25, 0.3) is 5.65 Å². The molecule has 6 heteroatoms. The molecule has 2 N–H and O–H groups in total. The van der Waals surface area contributed by atoms with Crippen LogP contribution >= 0.6 is 0 Å². The smallest absolute Gasteiger partial charge is 0.270 e. The van der Waals surface area contributed by atoms with Gasteiger partial charge in [-0.1, -0.05) is 6.07 Å². The summed E-state index contributed by atoms with van der Waals surface area (Å²) >= 11 is 0. The molecule has 3 aromatic heterocycles. The van der Waals surface area contributed by atoms with E-state index in [1.165, 1.54) is 0 Å². The van der Waals surface area contributed by atoms with Gasteiger partial charge in [0.2, 0.25) is 0 Å². The summed E-state index contributed by atoms with van der Waals surface area (Å²) in [6, 6.07) is 5.59. The van der Waals surface area contributed by atoms with Crippen molar-refractivity contribution in [2.75, 3.05) is 0 Å². The highest BCUT2D eigenvalue weighted by Gasteiger charge is 2.11. The molecule has 0 radical (unpaired) electrons. The molecule has 0 atom stereocenters. The Bertz CT molecular complexity index is 671. The van der Waals surface area contributed by atoms with E-state index in [0.717, 1.165) is 11.5 Å². The van der Waals surface area contributed by atoms with E-state index in [2.05, 4.69) is 20.3 Å². The molecule has 0 aliphatic carbocycles. The van der Waals surface area contributed by atoms with E-state index in [9.17, 15) is 4.79 Å². The SMILES string of the molecule is O=C(NCc1ncc[nH]1)c1cnc2ccccn12. The predicted octanol–water partition coefficient (Wildman–Crippen LogP) is 0.987. The maximum Gasteiger partial charge on any atom is 0.270 e. The van der Waals surface area contributed by atoms with Crippen LogP contribution in [0, 0.1) is 0 Å². The van der Waals surface area contributed by atoms with Gasteiger partial charge in [-0.05, 0) is 12.1 Å². The first-order valence-electron chi connectivity index (χ1n) is 5.53. The molecule has 18 heavy (non-hydrogen) atoms. The van der Waals surface area contributed by atoms with Gasteiger partial charge in [0.25, 0.3) is 5.91 Å². The molecule has 0 aromatic carbocycles. The molecule has 90 valence electrons. The molecule has 0 saturated heterocycles. The number of carbonyl (C=O) groups excluding carboxylic acids is 1. The molecule has 0 aliphatic rings. The number of hydrogen-bond acceptors (Lipinski definition) is 3. The lowest BCUT2D eigenvalue weighted by Crippen LogP contribution is -2.24. The lowest BCUT2D eigenvalue weighted by Gasteiger charge is -2.02. The van der Waals surface area contributed by atoms with Crippen molar-refractivity contribution in [3.05, 3.63) is 54.5 Å². The molecule has 1 amide bonds. The number of rotatable bonds is 3. The quantitative estimate of drug-likeness (QED) is 0.718. The molecule has 6 nitrogen and oxygen atoms in total. The third kappa shape index (κ3) is 1.84. The van der Waals surface area contributed by atoms with Crippen LogP contribution in [-0.2, 0) is 6.54 Å². The first-order chi connectivity index (χ1) is 8.84. The number of aromatic nitrogens is 4. The molecule has 0 bridgehead atoms. The van der Waals surface area contributed by atoms with Gasteiger partial charge in [-0.2, -0.15) is 0 Å².